The van der Waals surface area contributed by atoms with Crippen molar-refractivity contribution in [3.05, 3.63) is 76.9 Å². The van der Waals surface area contributed by atoms with E-state index in [1.165, 1.54) is 5.56 Å². The summed E-state index contributed by atoms with van der Waals surface area (Å²) in [5.74, 6) is 1.61. The van der Waals surface area contributed by atoms with Gasteiger partial charge in [-0.1, -0.05) is 19.1 Å². The average Bonchev–Trinajstić information content (AvgIpc) is 3.49. The minimum atomic E-state index is 0.797. The molecule has 7 heteroatoms. The molecule has 0 spiro atoms. The van der Waals surface area contributed by atoms with Gasteiger partial charge in [0.15, 0.2) is 4.80 Å². The predicted octanol–water partition coefficient (Wildman–Crippen LogP) is 5.32. The summed E-state index contributed by atoms with van der Waals surface area (Å²) in [7, 11) is 3.38. The Labute approximate surface area is 192 Å². The highest BCUT2D eigenvalue weighted by Crippen LogP contribution is 2.34. The van der Waals surface area contributed by atoms with Crippen molar-refractivity contribution in [3.63, 3.8) is 0 Å². The van der Waals surface area contributed by atoms with E-state index in [0.29, 0.717) is 0 Å². The van der Waals surface area contributed by atoms with Crippen LogP contribution < -0.4 is 14.3 Å². The monoisotopic (exact) mass is 448 g/mol. The molecule has 0 bridgehead atoms. The Bertz CT molecular complexity index is 1210. The van der Waals surface area contributed by atoms with Crippen molar-refractivity contribution in [2.24, 2.45) is 4.99 Å². The second kappa shape index (κ2) is 10.3. The number of imidazole rings is 1. The highest BCUT2D eigenvalue weighted by Gasteiger charge is 2.14. The van der Waals surface area contributed by atoms with E-state index < -0.39 is 0 Å². The van der Waals surface area contributed by atoms with E-state index in [1.54, 1.807) is 25.6 Å². The summed E-state index contributed by atoms with van der Waals surface area (Å²) in [4.78, 5) is 10.1. The molecular weight excluding hydrogens is 420 g/mol. The second-order valence-corrected chi connectivity index (χ2v) is 8.24. The number of ether oxygens (including phenoxy) is 2. The summed E-state index contributed by atoms with van der Waals surface area (Å²) >= 11 is 1.64. The minimum absolute atomic E-state index is 0.797. The zero-order chi connectivity index (χ0) is 22.3. The van der Waals surface area contributed by atoms with Gasteiger partial charge in [0, 0.05) is 36.4 Å². The van der Waals surface area contributed by atoms with E-state index >= 15 is 0 Å². The van der Waals surface area contributed by atoms with Gasteiger partial charge in [-0.2, -0.15) is 0 Å². The molecule has 0 saturated heterocycles. The standard InChI is InChI=1S/C25H28N4O2S/c1-4-19-6-8-20(9-7-19)27-25-29(14-5-13-28-15-12-26-18-28)23(17-32-25)22-16-21(30-2)10-11-24(22)31-3/h6-12,15-18H,4-5,13-14H2,1-3H3. The van der Waals surface area contributed by atoms with E-state index in [9.17, 15) is 0 Å². The number of aromatic nitrogens is 3. The largest absolute Gasteiger partial charge is 0.497 e. The van der Waals surface area contributed by atoms with Crippen molar-refractivity contribution in [1.82, 2.24) is 14.1 Å². The molecule has 0 radical (unpaired) electrons. The SMILES string of the molecule is CCc1ccc(N=c2scc(-c3cc(OC)ccc3OC)n2CCCn2ccnc2)cc1. The van der Waals surface area contributed by atoms with E-state index in [-0.39, 0.29) is 0 Å². The van der Waals surface area contributed by atoms with Crippen LogP contribution in [0.2, 0.25) is 0 Å². The minimum Gasteiger partial charge on any atom is -0.497 e. The number of benzene rings is 2. The molecule has 4 rings (SSSR count). The molecule has 2 aromatic carbocycles. The molecule has 32 heavy (non-hydrogen) atoms. The van der Waals surface area contributed by atoms with Crippen molar-refractivity contribution in [1.29, 1.82) is 0 Å². The summed E-state index contributed by atoms with van der Waals surface area (Å²) < 4.78 is 15.5. The molecule has 0 aliphatic rings. The summed E-state index contributed by atoms with van der Waals surface area (Å²) in [5, 5.41) is 2.15. The van der Waals surface area contributed by atoms with Gasteiger partial charge in [-0.25, -0.2) is 9.98 Å². The van der Waals surface area contributed by atoms with Gasteiger partial charge in [0.05, 0.1) is 31.9 Å². The van der Waals surface area contributed by atoms with Crippen molar-refractivity contribution >= 4 is 17.0 Å². The fourth-order valence-electron chi connectivity index (χ4n) is 3.61. The van der Waals surface area contributed by atoms with E-state index in [0.717, 1.165) is 59.2 Å². The first-order valence-electron chi connectivity index (χ1n) is 10.7. The quantitative estimate of drug-likeness (QED) is 0.348. The van der Waals surface area contributed by atoms with Crippen LogP contribution in [-0.2, 0) is 19.5 Å². The maximum atomic E-state index is 5.66. The molecule has 0 amide bonds. The third-order valence-corrected chi connectivity index (χ3v) is 6.27. The van der Waals surface area contributed by atoms with Crippen LogP contribution in [0.25, 0.3) is 11.3 Å². The Hall–Kier alpha value is -3.32. The third-order valence-electron chi connectivity index (χ3n) is 5.41. The lowest BCUT2D eigenvalue weighted by Gasteiger charge is -2.14. The molecule has 0 saturated carbocycles. The first kappa shape index (κ1) is 21.9. The number of thiazole rings is 1. The Morgan fingerprint density at radius 1 is 1.03 bits per heavy atom. The van der Waals surface area contributed by atoms with Crippen LogP contribution in [0, 0.1) is 0 Å². The van der Waals surface area contributed by atoms with Crippen LogP contribution >= 0.6 is 11.3 Å². The van der Waals surface area contributed by atoms with Crippen LogP contribution in [0.3, 0.4) is 0 Å². The summed E-state index contributed by atoms with van der Waals surface area (Å²) in [6.07, 6.45) is 7.63. The van der Waals surface area contributed by atoms with Gasteiger partial charge in [-0.05, 0) is 48.7 Å². The lowest BCUT2D eigenvalue weighted by molar-refractivity contribution is 0.404. The van der Waals surface area contributed by atoms with Crippen LogP contribution in [-0.4, -0.2) is 28.3 Å². The summed E-state index contributed by atoms with van der Waals surface area (Å²) in [6, 6.07) is 14.3. The fraction of sp³-hybridized carbons (Fsp3) is 0.280. The second-order valence-electron chi connectivity index (χ2n) is 7.41. The Morgan fingerprint density at radius 2 is 1.88 bits per heavy atom. The maximum Gasteiger partial charge on any atom is 0.190 e. The van der Waals surface area contributed by atoms with Gasteiger partial charge >= 0.3 is 0 Å². The third kappa shape index (κ3) is 4.94. The van der Waals surface area contributed by atoms with Gasteiger partial charge in [-0.3, -0.25) is 0 Å². The lowest BCUT2D eigenvalue weighted by Crippen LogP contribution is -2.17. The van der Waals surface area contributed by atoms with Crippen LogP contribution in [0.15, 0.2) is 71.6 Å². The molecule has 2 heterocycles. The molecule has 2 aromatic heterocycles. The van der Waals surface area contributed by atoms with Crippen molar-refractivity contribution in [3.8, 4) is 22.8 Å². The van der Waals surface area contributed by atoms with Crippen LogP contribution in [0.1, 0.15) is 18.9 Å². The topological polar surface area (TPSA) is 53.6 Å². The van der Waals surface area contributed by atoms with E-state index in [4.69, 9.17) is 14.5 Å². The molecule has 6 nitrogen and oxygen atoms in total. The Balaban J connectivity index is 1.75. The van der Waals surface area contributed by atoms with E-state index in [1.807, 2.05) is 36.9 Å². The molecular formula is C25H28N4O2S. The van der Waals surface area contributed by atoms with Gasteiger partial charge in [0.2, 0.25) is 0 Å². The van der Waals surface area contributed by atoms with Crippen LogP contribution in [0.4, 0.5) is 5.69 Å². The van der Waals surface area contributed by atoms with Crippen molar-refractivity contribution in [2.75, 3.05) is 14.2 Å². The Kier molecular flexibility index (Phi) is 7.07. The van der Waals surface area contributed by atoms with Gasteiger partial charge < -0.3 is 18.6 Å². The smallest absolute Gasteiger partial charge is 0.190 e. The van der Waals surface area contributed by atoms with Crippen molar-refractivity contribution < 1.29 is 9.47 Å². The lowest BCUT2D eigenvalue weighted by atomic mass is 10.1. The first-order valence-corrected chi connectivity index (χ1v) is 11.6. The summed E-state index contributed by atoms with van der Waals surface area (Å²) in [6.45, 7) is 3.87. The number of methoxy groups -OCH3 is 2. The molecule has 166 valence electrons. The first-order chi connectivity index (χ1) is 15.7. The molecule has 0 aliphatic heterocycles. The van der Waals surface area contributed by atoms with Gasteiger partial charge in [0.25, 0.3) is 0 Å². The number of nitrogens with zero attached hydrogens (tertiary/aromatic N) is 4. The molecule has 0 unspecified atom stereocenters. The number of rotatable bonds is 9. The highest BCUT2D eigenvalue weighted by molar-refractivity contribution is 7.07. The number of aryl methyl sites for hydroxylation is 2. The van der Waals surface area contributed by atoms with Crippen LogP contribution in [0.5, 0.6) is 11.5 Å². The van der Waals surface area contributed by atoms with Crippen molar-refractivity contribution in [2.45, 2.75) is 32.9 Å². The Morgan fingerprint density at radius 3 is 2.56 bits per heavy atom. The number of hydrogen-bond acceptors (Lipinski definition) is 5. The highest BCUT2D eigenvalue weighted by atomic mass is 32.1. The zero-order valence-electron chi connectivity index (χ0n) is 18.7. The van der Waals surface area contributed by atoms with E-state index in [2.05, 4.69) is 50.7 Å². The maximum absolute atomic E-state index is 5.66. The fourth-order valence-corrected chi connectivity index (χ4v) is 4.56. The van der Waals surface area contributed by atoms with Gasteiger partial charge in [-0.15, -0.1) is 11.3 Å². The molecule has 0 atom stereocenters. The molecule has 0 fully saturated rings. The number of hydrogen-bond donors (Lipinski definition) is 0. The average molecular weight is 449 g/mol. The normalized spacial score (nSPS) is 11.7. The van der Waals surface area contributed by atoms with Gasteiger partial charge in [0.1, 0.15) is 11.5 Å². The zero-order valence-corrected chi connectivity index (χ0v) is 19.5. The molecule has 0 N–H and O–H groups in total. The summed E-state index contributed by atoms with van der Waals surface area (Å²) in [5.41, 5.74) is 4.33. The molecule has 0 aliphatic carbocycles. The molecule has 4 aromatic rings. The predicted molar refractivity (Wildman–Crippen MR) is 129 cm³/mol.